The first-order chi connectivity index (χ1) is 16.7. The number of urea groups is 1. The maximum Gasteiger partial charge on any atom is 0.387 e. The number of amides is 4. The molecule has 184 valence electrons. The quantitative estimate of drug-likeness (QED) is 0.452. The third kappa shape index (κ3) is 4.22. The molecule has 1 spiro atoms. The van der Waals surface area contributed by atoms with Crippen molar-refractivity contribution < 1.29 is 42.2 Å². The van der Waals surface area contributed by atoms with Gasteiger partial charge in [0.2, 0.25) is 5.91 Å². The Hall–Kier alpha value is -4.22. The first kappa shape index (κ1) is 23.9. The minimum Gasteiger partial charge on any atom is -0.493 e. The van der Waals surface area contributed by atoms with E-state index in [9.17, 15) is 28.0 Å². The lowest BCUT2D eigenvalue weighted by molar-refractivity contribution is -0.134. The number of fused-ring (bicyclic) bond motifs is 2. The maximum absolute atomic E-state index is 13.2. The van der Waals surface area contributed by atoms with Crippen molar-refractivity contribution >= 4 is 29.5 Å². The van der Waals surface area contributed by atoms with Crippen LogP contribution in [0.2, 0.25) is 0 Å². The molecule has 2 aliphatic rings. The van der Waals surface area contributed by atoms with Crippen LogP contribution in [0.25, 0.3) is 0 Å². The van der Waals surface area contributed by atoms with E-state index >= 15 is 0 Å². The van der Waals surface area contributed by atoms with Gasteiger partial charge in [-0.25, -0.2) is 9.59 Å². The van der Waals surface area contributed by atoms with E-state index in [-0.39, 0.29) is 17.0 Å². The highest BCUT2D eigenvalue weighted by atomic mass is 19.3. The molecule has 1 fully saturated rings. The Labute approximate surface area is 198 Å². The van der Waals surface area contributed by atoms with Crippen molar-refractivity contribution in [3.8, 4) is 11.5 Å². The number of imide groups is 1. The second-order valence-electron chi connectivity index (χ2n) is 7.85. The van der Waals surface area contributed by atoms with Crippen LogP contribution in [-0.2, 0) is 26.3 Å². The number of aryl methyl sites for hydroxylation is 1. The summed E-state index contributed by atoms with van der Waals surface area (Å²) in [5.41, 5.74) is -0.0779. The van der Waals surface area contributed by atoms with Gasteiger partial charge in [0, 0.05) is 12.1 Å². The Balaban J connectivity index is 1.58. The highest BCUT2D eigenvalue weighted by Crippen LogP contribution is 2.41. The lowest BCUT2D eigenvalue weighted by Gasteiger charge is -2.22. The average Bonchev–Trinajstić information content (AvgIpc) is 3.31. The highest BCUT2D eigenvalue weighted by molar-refractivity contribution is 6.11. The molecule has 4 amide bonds. The van der Waals surface area contributed by atoms with Gasteiger partial charge in [-0.2, -0.15) is 8.78 Å². The van der Waals surface area contributed by atoms with E-state index in [0.29, 0.717) is 18.4 Å². The normalized spacial score (nSPS) is 18.5. The zero-order chi connectivity index (χ0) is 25.3. The minimum absolute atomic E-state index is 0.195. The summed E-state index contributed by atoms with van der Waals surface area (Å²) < 4.78 is 39.7. The summed E-state index contributed by atoms with van der Waals surface area (Å²) in [5, 5.41) is 5.07. The molecular formula is C23H21F2N3O7. The Morgan fingerprint density at radius 1 is 1.17 bits per heavy atom. The van der Waals surface area contributed by atoms with Crippen molar-refractivity contribution in [1.29, 1.82) is 0 Å². The standard InChI is InChI=1S/C23H21F2N3O7/c1-33-16-9-13(19(30)34-2)15(10-17(16)35-21(24)25)26-18(29)11-28-20(31)23(27-22(28)32)8-7-12-5-3-4-6-14(12)23/h3-6,9-10,21H,7-8,11H2,1-2H3,(H,26,29)(H,27,32). The molecule has 2 aromatic rings. The van der Waals surface area contributed by atoms with Gasteiger partial charge in [0.05, 0.1) is 25.5 Å². The predicted molar refractivity (Wildman–Crippen MR) is 116 cm³/mol. The number of carbonyl (C=O) groups excluding carboxylic acids is 4. The van der Waals surface area contributed by atoms with E-state index in [1.165, 1.54) is 7.11 Å². The largest absolute Gasteiger partial charge is 0.493 e. The van der Waals surface area contributed by atoms with Crippen molar-refractivity contribution in [3.05, 3.63) is 53.1 Å². The Morgan fingerprint density at radius 3 is 2.60 bits per heavy atom. The third-order valence-electron chi connectivity index (χ3n) is 5.92. The van der Waals surface area contributed by atoms with Gasteiger partial charge in [0.15, 0.2) is 11.5 Å². The number of benzene rings is 2. The van der Waals surface area contributed by atoms with Crippen LogP contribution in [-0.4, -0.2) is 56.1 Å². The Kier molecular flexibility index (Phi) is 6.29. The molecule has 0 aromatic heterocycles. The van der Waals surface area contributed by atoms with Crippen molar-refractivity contribution in [3.63, 3.8) is 0 Å². The number of methoxy groups -OCH3 is 2. The second kappa shape index (κ2) is 9.20. The number of rotatable bonds is 7. The topological polar surface area (TPSA) is 123 Å². The van der Waals surface area contributed by atoms with E-state index in [2.05, 4.69) is 20.1 Å². The molecule has 0 saturated carbocycles. The first-order valence-electron chi connectivity index (χ1n) is 10.5. The molecule has 1 unspecified atom stereocenters. The molecule has 1 aliphatic heterocycles. The summed E-state index contributed by atoms with van der Waals surface area (Å²) in [7, 11) is 2.28. The summed E-state index contributed by atoms with van der Waals surface area (Å²) in [5.74, 6) is -2.96. The highest BCUT2D eigenvalue weighted by Gasteiger charge is 2.55. The number of anilines is 1. The van der Waals surface area contributed by atoms with Crippen LogP contribution in [0.5, 0.6) is 11.5 Å². The number of carbonyl (C=O) groups is 4. The van der Waals surface area contributed by atoms with Gasteiger partial charge in [0.25, 0.3) is 5.91 Å². The number of alkyl halides is 2. The first-order valence-corrected chi connectivity index (χ1v) is 10.5. The summed E-state index contributed by atoms with van der Waals surface area (Å²) >= 11 is 0. The van der Waals surface area contributed by atoms with Gasteiger partial charge in [-0.3, -0.25) is 14.5 Å². The number of ether oxygens (including phenoxy) is 3. The fourth-order valence-corrected chi connectivity index (χ4v) is 4.36. The van der Waals surface area contributed by atoms with Gasteiger partial charge >= 0.3 is 18.6 Å². The molecule has 2 N–H and O–H groups in total. The average molecular weight is 489 g/mol. The summed E-state index contributed by atoms with van der Waals surface area (Å²) in [6.45, 7) is -3.88. The summed E-state index contributed by atoms with van der Waals surface area (Å²) in [6.07, 6.45) is 0.942. The summed E-state index contributed by atoms with van der Waals surface area (Å²) in [6, 6.07) is 8.52. The van der Waals surface area contributed by atoms with E-state index in [4.69, 9.17) is 4.74 Å². The zero-order valence-corrected chi connectivity index (χ0v) is 18.7. The molecule has 1 atom stereocenters. The predicted octanol–water partition coefficient (Wildman–Crippen LogP) is 2.42. The van der Waals surface area contributed by atoms with Crippen LogP contribution < -0.4 is 20.1 Å². The fraction of sp³-hybridized carbons (Fsp3) is 0.304. The smallest absolute Gasteiger partial charge is 0.387 e. The number of hydrogen-bond acceptors (Lipinski definition) is 7. The number of nitrogens with zero attached hydrogens (tertiary/aromatic N) is 1. The lowest BCUT2D eigenvalue weighted by atomic mass is 9.92. The van der Waals surface area contributed by atoms with E-state index in [1.54, 1.807) is 12.1 Å². The van der Waals surface area contributed by atoms with E-state index in [0.717, 1.165) is 29.7 Å². The number of esters is 1. The van der Waals surface area contributed by atoms with Crippen molar-refractivity contribution in [2.75, 3.05) is 26.1 Å². The SMILES string of the molecule is COC(=O)c1cc(OC)c(OC(F)F)cc1NC(=O)CN1C(=O)NC2(CCc3ccccc32)C1=O. The Bertz CT molecular complexity index is 1220. The molecule has 35 heavy (non-hydrogen) atoms. The van der Waals surface area contributed by atoms with Crippen LogP contribution in [0.3, 0.4) is 0 Å². The molecule has 0 bridgehead atoms. The number of nitrogens with one attached hydrogen (secondary N) is 2. The number of halogens is 2. The Morgan fingerprint density at radius 2 is 1.91 bits per heavy atom. The molecular weight excluding hydrogens is 468 g/mol. The zero-order valence-electron chi connectivity index (χ0n) is 18.7. The third-order valence-corrected chi connectivity index (χ3v) is 5.92. The van der Waals surface area contributed by atoms with Gasteiger partial charge in [-0.1, -0.05) is 24.3 Å². The van der Waals surface area contributed by atoms with E-state index in [1.807, 2.05) is 12.1 Å². The van der Waals surface area contributed by atoms with Crippen molar-refractivity contribution in [2.24, 2.45) is 0 Å². The van der Waals surface area contributed by atoms with Gasteiger partial charge in [0.1, 0.15) is 12.1 Å². The second-order valence-corrected chi connectivity index (χ2v) is 7.85. The van der Waals surface area contributed by atoms with Crippen LogP contribution in [0.4, 0.5) is 19.3 Å². The molecule has 12 heteroatoms. The van der Waals surface area contributed by atoms with Crippen LogP contribution in [0.15, 0.2) is 36.4 Å². The molecule has 1 heterocycles. The lowest BCUT2D eigenvalue weighted by Crippen LogP contribution is -2.43. The van der Waals surface area contributed by atoms with Crippen LogP contribution in [0.1, 0.15) is 27.9 Å². The van der Waals surface area contributed by atoms with Crippen molar-refractivity contribution in [1.82, 2.24) is 10.2 Å². The minimum atomic E-state index is -3.20. The molecule has 4 rings (SSSR count). The van der Waals surface area contributed by atoms with E-state index < -0.39 is 48.3 Å². The fourth-order valence-electron chi connectivity index (χ4n) is 4.36. The monoisotopic (exact) mass is 489 g/mol. The van der Waals surface area contributed by atoms with Gasteiger partial charge in [-0.15, -0.1) is 0 Å². The molecule has 1 saturated heterocycles. The molecule has 1 aliphatic carbocycles. The maximum atomic E-state index is 13.2. The van der Waals surface area contributed by atoms with Gasteiger partial charge < -0.3 is 24.8 Å². The molecule has 0 radical (unpaired) electrons. The van der Waals surface area contributed by atoms with Crippen molar-refractivity contribution in [2.45, 2.75) is 25.0 Å². The molecule has 2 aromatic carbocycles. The summed E-state index contributed by atoms with van der Waals surface area (Å²) in [4.78, 5) is 51.7. The molecule has 10 nitrogen and oxygen atoms in total. The van der Waals surface area contributed by atoms with Gasteiger partial charge in [-0.05, 0) is 24.0 Å². The van der Waals surface area contributed by atoms with Crippen LogP contribution in [0, 0.1) is 0 Å². The van der Waals surface area contributed by atoms with Crippen LogP contribution >= 0.6 is 0 Å². The number of hydrogen-bond donors (Lipinski definition) is 2.